The van der Waals surface area contributed by atoms with Crippen molar-refractivity contribution >= 4 is 18.3 Å². The molecule has 0 radical (unpaired) electrons. The van der Waals surface area contributed by atoms with Crippen LogP contribution in [0.1, 0.15) is 18.9 Å². The van der Waals surface area contributed by atoms with Crippen molar-refractivity contribution in [1.29, 1.82) is 0 Å². The van der Waals surface area contributed by atoms with Crippen molar-refractivity contribution in [3.8, 4) is 0 Å². The average Bonchev–Trinajstić information content (AvgIpc) is 2.37. The van der Waals surface area contributed by atoms with Crippen molar-refractivity contribution in [2.24, 2.45) is 10.9 Å². The predicted octanol–water partition coefficient (Wildman–Crippen LogP) is 2.50. The molecule has 0 saturated carbocycles. The molecule has 0 heterocycles. The molecule has 0 fully saturated rings. The molecule has 1 amide bonds. The van der Waals surface area contributed by atoms with Crippen LogP contribution in [0.15, 0.2) is 35.3 Å². The van der Waals surface area contributed by atoms with Gasteiger partial charge in [-0.3, -0.25) is 4.79 Å². The van der Waals surface area contributed by atoms with Crippen molar-refractivity contribution in [2.75, 3.05) is 0 Å². The molecular weight excluding hydrogens is 234 g/mol. The highest BCUT2D eigenvalue weighted by Crippen LogP contribution is 2.02. The highest BCUT2D eigenvalue weighted by atomic mass is 16.5. The molecule has 0 aromatic heterocycles. The highest BCUT2D eigenvalue weighted by molar-refractivity contribution is 5.81. The van der Waals surface area contributed by atoms with Gasteiger partial charge in [0, 0.05) is 6.21 Å². The second kappa shape index (κ2) is 7.21. The normalized spacial score (nSPS) is 12.3. The molecule has 0 spiro atoms. The van der Waals surface area contributed by atoms with Gasteiger partial charge < -0.3 is 9.84 Å². The largest absolute Gasteiger partial charge is 0.481 e. The summed E-state index contributed by atoms with van der Waals surface area (Å²) < 4.78 is 4.89. The third kappa shape index (κ3) is 5.25. The van der Waals surface area contributed by atoms with Crippen LogP contribution in [0.2, 0.25) is 0 Å². The van der Waals surface area contributed by atoms with E-state index in [1.807, 2.05) is 30.3 Å². The summed E-state index contributed by atoms with van der Waals surface area (Å²) in [5, 5.41) is 8.62. The Hall–Kier alpha value is -2.17. The van der Waals surface area contributed by atoms with Gasteiger partial charge in [-0.15, -0.1) is 0 Å². The van der Waals surface area contributed by atoms with Gasteiger partial charge in [0.1, 0.15) is 6.61 Å². The first-order valence-corrected chi connectivity index (χ1v) is 5.55. The van der Waals surface area contributed by atoms with Crippen molar-refractivity contribution in [1.82, 2.24) is 0 Å². The van der Waals surface area contributed by atoms with E-state index in [-0.39, 0.29) is 13.0 Å². The third-order valence-electron chi connectivity index (χ3n) is 2.28. The molecule has 0 aliphatic rings. The molecule has 0 saturated heterocycles. The first-order chi connectivity index (χ1) is 8.59. The van der Waals surface area contributed by atoms with Crippen molar-refractivity contribution in [3.05, 3.63) is 35.9 Å². The molecule has 5 nitrogen and oxygen atoms in total. The minimum atomic E-state index is -0.917. The number of aliphatic carboxylic acids is 1. The molecule has 0 bridgehead atoms. The molecular formula is C13H15NO4. The Kier molecular flexibility index (Phi) is 5.57. The van der Waals surface area contributed by atoms with Crippen molar-refractivity contribution < 1.29 is 19.4 Å². The summed E-state index contributed by atoms with van der Waals surface area (Å²) in [6.45, 7) is 1.70. The molecule has 5 heteroatoms. The molecule has 0 aliphatic carbocycles. The van der Waals surface area contributed by atoms with Gasteiger partial charge in [-0.25, -0.2) is 4.79 Å². The second-order valence-electron chi connectivity index (χ2n) is 3.83. The summed E-state index contributed by atoms with van der Waals surface area (Å²) in [5.41, 5.74) is 0.875. The lowest BCUT2D eigenvalue weighted by Gasteiger charge is -2.01. The first-order valence-electron chi connectivity index (χ1n) is 5.55. The zero-order valence-electron chi connectivity index (χ0n) is 10.1. The van der Waals surface area contributed by atoms with Gasteiger partial charge in [0.05, 0.1) is 5.92 Å². The minimum absolute atomic E-state index is 0.158. The molecule has 1 aromatic rings. The fourth-order valence-corrected chi connectivity index (χ4v) is 1.14. The zero-order valence-corrected chi connectivity index (χ0v) is 10.1. The van der Waals surface area contributed by atoms with Gasteiger partial charge in [-0.2, -0.15) is 4.99 Å². The van der Waals surface area contributed by atoms with Crippen LogP contribution in [0.5, 0.6) is 0 Å². The SMILES string of the molecule is CC(CC=NC(=O)OCc1ccccc1)C(=O)O. The maximum atomic E-state index is 11.2. The molecule has 18 heavy (non-hydrogen) atoms. The Morgan fingerprint density at radius 1 is 1.39 bits per heavy atom. The maximum absolute atomic E-state index is 11.2. The Morgan fingerprint density at radius 3 is 2.67 bits per heavy atom. The number of benzene rings is 1. The standard InChI is InChI=1S/C13H15NO4/c1-10(12(15)16)7-8-14-13(17)18-9-11-5-3-2-4-6-11/h2-6,8,10H,7,9H2,1H3,(H,15,16). The number of nitrogens with zero attached hydrogens (tertiary/aromatic N) is 1. The first kappa shape index (κ1) is 13.9. The summed E-state index contributed by atoms with van der Waals surface area (Å²) in [6.07, 6.45) is 0.762. The van der Waals surface area contributed by atoms with Gasteiger partial charge in [0.2, 0.25) is 0 Å². The van der Waals surface area contributed by atoms with Crippen LogP contribution in [0.3, 0.4) is 0 Å². The molecule has 1 rings (SSSR count). The van der Waals surface area contributed by atoms with Crippen LogP contribution < -0.4 is 0 Å². The topological polar surface area (TPSA) is 76.0 Å². The third-order valence-corrected chi connectivity index (χ3v) is 2.28. The summed E-state index contributed by atoms with van der Waals surface area (Å²) in [6, 6.07) is 9.24. The van der Waals surface area contributed by atoms with Crippen LogP contribution in [0, 0.1) is 5.92 Å². The fourth-order valence-electron chi connectivity index (χ4n) is 1.14. The lowest BCUT2D eigenvalue weighted by atomic mass is 10.1. The van der Waals surface area contributed by atoms with Gasteiger partial charge in [0.15, 0.2) is 0 Å². The summed E-state index contributed by atoms with van der Waals surface area (Å²) >= 11 is 0. The molecule has 96 valence electrons. The number of rotatable bonds is 5. The van der Waals surface area contributed by atoms with Crippen LogP contribution >= 0.6 is 0 Å². The van der Waals surface area contributed by atoms with E-state index >= 15 is 0 Å². The van der Waals surface area contributed by atoms with Gasteiger partial charge in [-0.05, 0) is 12.0 Å². The van der Waals surface area contributed by atoms with Crippen LogP contribution in [0.4, 0.5) is 4.79 Å². The number of carboxylic acids is 1. The van der Waals surface area contributed by atoms with E-state index in [0.717, 1.165) is 5.56 Å². The number of aliphatic imine (C=N–C) groups is 1. The lowest BCUT2D eigenvalue weighted by molar-refractivity contribution is -0.140. The fraction of sp³-hybridized carbons (Fsp3) is 0.308. The van der Waals surface area contributed by atoms with E-state index in [0.29, 0.717) is 0 Å². The van der Waals surface area contributed by atoms with E-state index in [4.69, 9.17) is 9.84 Å². The predicted molar refractivity (Wildman–Crippen MR) is 66.5 cm³/mol. The number of carbonyl (C=O) groups is 2. The lowest BCUT2D eigenvalue weighted by Crippen LogP contribution is -2.10. The Morgan fingerprint density at radius 2 is 2.06 bits per heavy atom. The molecule has 1 aromatic carbocycles. The number of hydrogen-bond donors (Lipinski definition) is 1. The summed E-state index contributed by atoms with van der Waals surface area (Å²) in [7, 11) is 0. The Bertz CT molecular complexity index is 428. The van der Waals surface area contributed by atoms with E-state index in [2.05, 4.69) is 4.99 Å². The Labute approximate surface area is 105 Å². The Balaban J connectivity index is 2.30. The van der Waals surface area contributed by atoms with Crippen LogP contribution in [-0.4, -0.2) is 23.4 Å². The number of ether oxygens (including phenoxy) is 1. The van der Waals surface area contributed by atoms with Crippen molar-refractivity contribution in [3.63, 3.8) is 0 Å². The van der Waals surface area contributed by atoms with E-state index in [9.17, 15) is 9.59 Å². The smallest absolute Gasteiger partial charge is 0.433 e. The van der Waals surface area contributed by atoms with E-state index in [1.54, 1.807) is 6.92 Å². The number of amides is 1. The average molecular weight is 249 g/mol. The molecule has 0 aliphatic heterocycles. The summed E-state index contributed by atoms with van der Waals surface area (Å²) in [4.78, 5) is 25.2. The molecule has 1 unspecified atom stereocenters. The minimum Gasteiger partial charge on any atom is -0.481 e. The van der Waals surface area contributed by atoms with Crippen molar-refractivity contribution in [2.45, 2.75) is 20.0 Å². The highest BCUT2D eigenvalue weighted by Gasteiger charge is 2.08. The number of carboxylic acid groups (broad SMARTS) is 1. The maximum Gasteiger partial charge on any atom is 0.433 e. The van der Waals surface area contributed by atoms with E-state index in [1.165, 1.54) is 6.21 Å². The zero-order chi connectivity index (χ0) is 13.4. The molecule has 1 atom stereocenters. The number of hydrogen-bond acceptors (Lipinski definition) is 3. The van der Waals surface area contributed by atoms with Gasteiger partial charge in [-0.1, -0.05) is 37.3 Å². The van der Waals surface area contributed by atoms with Crippen LogP contribution in [0.25, 0.3) is 0 Å². The van der Waals surface area contributed by atoms with Crippen LogP contribution in [-0.2, 0) is 16.1 Å². The van der Waals surface area contributed by atoms with E-state index < -0.39 is 18.0 Å². The second-order valence-corrected chi connectivity index (χ2v) is 3.83. The monoisotopic (exact) mass is 249 g/mol. The molecule has 1 N–H and O–H groups in total. The van der Waals surface area contributed by atoms with Gasteiger partial charge >= 0.3 is 12.1 Å². The summed E-state index contributed by atoms with van der Waals surface area (Å²) in [5.74, 6) is -1.48. The quantitative estimate of drug-likeness (QED) is 0.813. The van der Waals surface area contributed by atoms with Gasteiger partial charge in [0.25, 0.3) is 0 Å². The number of carbonyl (C=O) groups excluding carboxylic acids is 1.